The van der Waals surface area contributed by atoms with Gasteiger partial charge in [0.05, 0.1) is 11.6 Å². The summed E-state index contributed by atoms with van der Waals surface area (Å²) in [5, 5.41) is 7.21. The van der Waals surface area contributed by atoms with E-state index in [9.17, 15) is 4.79 Å². The summed E-state index contributed by atoms with van der Waals surface area (Å²) >= 11 is 11.4. The summed E-state index contributed by atoms with van der Waals surface area (Å²) in [5.41, 5.74) is 2.21. The number of amides is 1. The lowest BCUT2D eigenvalue weighted by atomic mass is 9.94. The summed E-state index contributed by atoms with van der Waals surface area (Å²) in [6.07, 6.45) is 0. The molecule has 0 aliphatic carbocycles. The van der Waals surface area contributed by atoms with Crippen LogP contribution in [-0.4, -0.2) is 30.0 Å². The molecule has 6 heteroatoms. The Morgan fingerprint density at radius 3 is 2.60 bits per heavy atom. The molecular weight excluding hydrogens is 294 g/mol. The van der Waals surface area contributed by atoms with Crippen LogP contribution in [0.5, 0.6) is 0 Å². The van der Waals surface area contributed by atoms with E-state index in [2.05, 4.69) is 10.6 Å². The number of nitrogens with one attached hydrogen (secondary N) is 2. The zero-order chi connectivity index (χ0) is 14.9. The van der Waals surface area contributed by atoms with Crippen molar-refractivity contribution in [1.29, 1.82) is 0 Å². The third-order valence-electron chi connectivity index (χ3n) is 3.12. The lowest BCUT2D eigenvalue weighted by Gasteiger charge is -2.32. The number of allylic oxidation sites excluding steroid dienone is 1. The molecule has 0 aromatic heterocycles. The average molecular weight is 310 g/mol. The standard InChI is InChI=1S/C14H16ClN3OS/c1-8-11(13(19)18(2)3)12(17-14(20)16-8)9-6-4-5-7-10(9)15/h4-7,12H,1-3H3,(H2,16,17,20). The summed E-state index contributed by atoms with van der Waals surface area (Å²) in [7, 11) is 3.44. The number of carbonyl (C=O) groups excluding carboxylic acids is 1. The van der Waals surface area contributed by atoms with Gasteiger partial charge in [0.15, 0.2) is 5.11 Å². The summed E-state index contributed by atoms with van der Waals surface area (Å²) in [6.45, 7) is 1.84. The number of halogens is 1. The first-order chi connectivity index (χ1) is 9.41. The van der Waals surface area contributed by atoms with E-state index in [1.165, 1.54) is 0 Å². The number of likely N-dealkylation sites (N-methyl/N-ethyl adjacent to an activating group) is 1. The van der Waals surface area contributed by atoms with Gasteiger partial charge in [-0.3, -0.25) is 4.79 Å². The molecule has 2 rings (SSSR count). The van der Waals surface area contributed by atoms with E-state index in [1.807, 2.05) is 25.1 Å². The molecule has 106 valence electrons. The fraction of sp³-hybridized carbons (Fsp3) is 0.286. The third-order valence-corrected chi connectivity index (χ3v) is 3.69. The number of thiocarbonyl (C=S) groups is 1. The number of hydrogen-bond acceptors (Lipinski definition) is 2. The van der Waals surface area contributed by atoms with Crippen molar-refractivity contribution in [3.05, 3.63) is 46.1 Å². The minimum Gasteiger partial charge on any atom is -0.351 e. The Morgan fingerprint density at radius 2 is 2.00 bits per heavy atom. The molecule has 1 aromatic rings. The monoisotopic (exact) mass is 309 g/mol. The van der Waals surface area contributed by atoms with Gasteiger partial charge in [-0.2, -0.15) is 0 Å². The molecule has 2 N–H and O–H groups in total. The number of hydrogen-bond donors (Lipinski definition) is 2. The highest BCUT2D eigenvalue weighted by Crippen LogP contribution is 2.31. The Morgan fingerprint density at radius 1 is 1.35 bits per heavy atom. The van der Waals surface area contributed by atoms with Gasteiger partial charge in [0, 0.05) is 24.8 Å². The molecule has 1 heterocycles. The van der Waals surface area contributed by atoms with Crippen molar-refractivity contribution in [2.45, 2.75) is 13.0 Å². The molecule has 0 bridgehead atoms. The van der Waals surface area contributed by atoms with Crippen LogP contribution < -0.4 is 10.6 Å². The predicted molar refractivity (Wildman–Crippen MR) is 84.5 cm³/mol. The van der Waals surface area contributed by atoms with Gasteiger partial charge in [0.1, 0.15) is 0 Å². The van der Waals surface area contributed by atoms with Crippen LogP contribution in [0, 0.1) is 0 Å². The van der Waals surface area contributed by atoms with Crippen LogP contribution in [0.2, 0.25) is 5.02 Å². The summed E-state index contributed by atoms with van der Waals surface area (Å²) in [5.74, 6) is -0.0741. The van der Waals surface area contributed by atoms with Crippen LogP contribution >= 0.6 is 23.8 Å². The van der Waals surface area contributed by atoms with Crippen molar-refractivity contribution in [3.8, 4) is 0 Å². The molecule has 1 aliphatic rings. The summed E-state index contributed by atoms with van der Waals surface area (Å²) in [6, 6.07) is 7.10. The molecule has 0 saturated carbocycles. The van der Waals surface area contributed by atoms with E-state index in [4.69, 9.17) is 23.8 Å². The van der Waals surface area contributed by atoms with Gasteiger partial charge in [-0.25, -0.2) is 0 Å². The van der Waals surface area contributed by atoms with E-state index < -0.39 is 0 Å². The maximum Gasteiger partial charge on any atom is 0.253 e. The second kappa shape index (κ2) is 5.81. The number of carbonyl (C=O) groups is 1. The van der Waals surface area contributed by atoms with Crippen LogP contribution in [0.4, 0.5) is 0 Å². The fourth-order valence-corrected chi connectivity index (χ4v) is 2.68. The lowest BCUT2D eigenvalue weighted by Crippen LogP contribution is -2.46. The quantitative estimate of drug-likeness (QED) is 0.822. The fourth-order valence-electron chi connectivity index (χ4n) is 2.16. The maximum absolute atomic E-state index is 12.4. The van der Waals surface area contributed by atoms with Crippen molar-refractivity contribution in [2.24, 2.45) is 0 Å². The first kappa shape index (κ1) is 14.8. The molecule has 1 atom stereocenters. The van der Waals surface area contributed by atoms with Crippen LogP contribution in [-0.2, 0) is 4.79 Å². The van der Waals surface area contributed by atoms with Crippen molar-refractivity contribution < 1.29 is 4.79 Å². The second-order valence-electron chi connectivity index (χ2n) is 4.79. The third kappa shape index (κ3) is 2.78. The van der Waals surface area contributed by atoms with Gasteiger partial charge in [-0.1, -0.05) is 29.8 Å². The second-order valence-corrected chi connectivity index (χ2v) is 5.61. The number of nitrogens with zero attached hydrogens (tertiary/aromatic N) is 1. The van der Waals surface area contributed by atoms with Crippen molar-refractivity contribution in [2.75, 3.05) is 14.1 Å². The van der Waals surface area contributed by atoms with Crippen LogP contribution in [0.1, 0.15) is 18.5 Å². The van der Waals surface area contributed by atoms with E-state index in [0.29, 0.717) is 15.7 Å². The van der Waals surface area contributed by atoms with Crippen molar-refractivity contribution in [3.63, 3.8) is 0 Å². The first-order valence-corrected chi connectivity index (χ1v) is 6.94. The van der Waals surface area contributed by atoms with E-state index >= 15 is 0 Å². The molecule has 1 amide bonds. The number of benzene rings is 1. The molecule has 1 aliphatic heterocycles. The Hall–Kier alpha value is -1.59. The smallest absolute Gasteiger partial charge is 0.253 e. The molecule has 0 spiro atoms. The molecular formula is C14H16ClN3OS. The van der Waals surface area contributed by atoms with Crippen molar-refractivity contribution >= 4 is 34.8 Å². The highest BCUT2D eigenvalue weighted by Gasteiger charge is 2.31. The Balaban J connectivity index is 2.54. The molecule has 0 saturated heterocycles. The molecule has 4 nitrogen and oxygen atoms in total. The maximum atomic E-state index is 12.4. The number of rotatable bonds is 2. The van der Waals surface area contributed by atoms with Gasteiger partial charge in [0.25, 0.3) is 5.91 Å². The predicted octanol–water partition coefficient (Wildman–Crippen LogP) is 2.22. The van der Waals surface area contributed by atoms with Gasteiger partial charge >= 0.3 is 0 Å². The van der Waals surface area contributed by atoms with E-state index in [0.717, 1.165) is 11.3 Å². The topological polar surface area (TPSA) is 44.4 Å². The highest BCUT2D eigenvalue weighted by molar-refractivity contribution is 7.80. The van der Waals surface area contributed by atoms with Gasteiger partial charge in [-0.15, -0.1) is 0 Å². The SMILES string of the molecule is CC1=C(C(=O)N(C)C)C(c2ccccc2Cl)NC(=S)N1. The van der Waals surface area contributed by atoms with Crippen molar-refractivity contribution in [1.82, 2.24) is 15.5 Å². The summed E-state index contributed by atoms with van der Waals surface area (Å²) in [4.78, 5) is 14.0. The van der Waals surface area contributed by atoms with Gasteiger partial charge in [-0.05, 0) is 30.8 Å². The molecule has 0 fully saturated rings. The Kier molecular flexibility index (Phi) is 4.30. The Labute approximate surface area is 128 Å². The Bertz CT molecular complexity index is 598. The molecule has 1 aromatic carbocycles. The average Bonchev–Trinajstić information content (AvgIpc) is 2.37. The first-order valence-electron chi connectivity index (χ1n) is 6.16. The highest BCUT2D eigenvalue weighted by atomic mass is 35.5. The van der Waals surface area contributed by atoms with Crippen LogP contribution in [0.25, 0.3) is 0 Å². The van der Waals surface area contributed by atoms with E-state index in [-0.39, 0.29) is 11.9 Å². The molecule has 1 unspecified atom stereocenters. The van der Waals surface area contributed by atoms with Crippen LogP contribution in [0.3, 0.4) is 0 Å². The van der Waals surface area contributed by atoms with Crippen LogP contribution in [0.15, 0.2) is 35.5 Å². The lowest BCUT2D eigenvalue weighted by molar-refractivity contribution is -0.125. The van der Waals surface area contributed by atoms with Gasteiger partial charge in [0.2, 0.25) is 0 Å². The molecule has 0 radical (unpaired) electrons. The molecule has 20 heavy (non-hydrogen) atoms. The summed E-state index contributed by atoms with van der Waals surface area (Å²) < 4.78 is 0. The van der Waals surface area contributed by atoms with Gasteiger partial charge < -0.3 is 15.5 Å². The zero-order valence-corrected chi connectivity index (χ0v) is 13.1. The van der Waals surface area contributed by atoms with E-state index in [1.54, 1.807) is 25.1 Å². The zero-order valence-electron chi connectivity index (χ0n) is 11.5. The largest absolute Gasteiger partial charge is 0.351 e. The minimum absolute atomic E-state index is 0.0741. The minimum atomic E-state index is -0.340. The normalized spacial score (nSPS) is 18.4.